The van der Waals surface area contributed by atoms with Gasteiger partial charge in [0.25, 0.3) is 0 Å². The molecule has 8 nitrogen and oxygen atoms in total. The first-order valence-corrected chi connectivity index (χ1v) is 11.3. The van der Waals surface area contributed by atoms with Gasteiger partial charge in [0.2, 0.25) is 5.91 Å². The molecule has 0 aromatic carbocycles. The van der Waals surface area contributed by atoms with E-state index in [-0.39, 0.29) is 25.0 Å². The Labute approximate surface area is 187 Å². The normalized spacial score (nSPS) is 13.2. The Balaban J connectivity index is 3.46. The van der Waals surface area contributed by atoms with Crippen molar-refractivity contribution in [3.63, 3.8) is 0 Å². The topological polar surface area (TPSA) is 87.3 Å². The highest BCUT2D eigenvalue weighted by molar-refractivity contribution is 5.77. The molecule has 0 radical (unpaired) electrons. The molecule has 0 rings (SSSR count). The number of alkyl halides is 1. The largest absolute Gasteiger partial charge is 0.378 e. The first-order chi connectivity index (χ1) is 14.7. The van der Waals surface area contributed by atoms with Crippen LogP contribution in [0.3, 0.4) is 0 Å². The predicted molar refractivity (Wildman–Crippen MR) is 119 cm³/mol. The lowest BCUT2D eigenvalue weighted by Crippen LogP contribution is -2.45. The third-order valence-electron chi connectivity index (χ3n) is 4.35. The van der Waals surface area contributed by atoms with Crippen molar-refractivity contribution < 1.29 is 32.9 Å². The summed E-state index contributed by atoms with van der Waals surface area (Å²) in [5.74, 6) is -0.343. The molecule has 1 unspecified atom stereocenters. The van der Waals surface area contributed by atoms with Crippen LogP contribution in [0.5, 0.6) is 0 Å². The quantitative estimate of drug-likeness (QED) is 0.257. The number of hydrogen-bond acceptors (Lipinski definition) is 7. The molecule has 0 saturated carbocycles. The first-order valence-electron chi connectivity index (χ1n) is 11.3. The van der Waals surface area contributed by atoms with Crippen molar-refractivity contribution in [2.45, 2.75) is 59.4 Å². The van der Waals surface area contributed by atoms with Gasteiger partial charge in [-0.05, 0) is 13.8 Å². The minimum Gasteiger partial charge on any atom is -0.378 e. The maximum atomic E-state index is 14.3. The number of carbonyl (C=O) groups excluding carboxylic acids is 1. The maximum absolute atomic E-state index is 14.3. The average Bonchev–Trinajstić information content (AvgIpc) is 2.70. The fourth-order valence-electron chi connectivity index (χ4n) is 2.28. The van der Waals surface area contributed by atoms with Gasteiger partial charge < -0.3 is 34.3 Å². The second-order valence-electron chi connectivity index (χ2n) is 8.38. The molecule has 1 atom stereocenters. The lowest BCUT2D eigenvalue weighted by molar-refractivity contribution is -0.125. The summed E-state index contributed by atoms with van der Waals surface area (Å²) in [7, 11) is 0. The van der Waals surface area contributed by atoms with Crippen molar-refractivity contribution >= 4 is 5.91 Å². The molecule has 31 heavy (non-hydrogen) atoms. The van der Waals surface area contributed by atoms with E-state index in [1.807, 2.05) is 0 Å². The van der Waals surface area contributed by atoms with Gasteiger partial charge in [-0.3, -0.25) is 4.79 Å². The molecule has 0 saturated heterocycles. The summed E-state index contributed by atoms with van der Waals surface area (Å²) in [6.07, 6.45) is -1.30. The number of ether oxygens (including phenoxy) is 5. The second kappa shape index (κ2) is 18.7. The standard InChI is InChI=1S/C22H45FN2O6/c1-18(2)21(26)25-17-20(23)22(5,6)31-16-15-30-14-13-29-12-11-28-10-9-27-8-7-24-19(3)4/h18-20,24H,7-17H2,1-6H3,(H,25,26). The summed E-state index contributed by atoms with van der Waals surface area (Å²) in [4.78, 5) is 11.5. The van der Waals surface area contributed by atoms with Gasteiger partial charge in [-0.1, -0.05) is 27.7 Å². The van der Waals surface area contributed by atoms with Crippen molar-refractivity contribution in [3.8, 4) is 0 Å². The Kier molecular flexibility index (Phi) is 18.2. The van der Waals surface area contributed by atoms with E-state index in [9.17, 15) is 9.18 Å². The average molecular weight is 453 g/mol. The highest BCUT2D eigenvalue weighted by atomic mass is 19.1. The van der Waals surface area contributed by atoms with Crippen molar-refractivity contribution in [2.24, 2.45) is 5.92 Å². The molecule has 9 heteroatoms. The van der Waals surface area contributed by atoms with Crippen LogP contribution in [-0.2, 0) is 28.5 Å². The van der Waals surface area contributed by atoms with Crippen LogP contribution in [0.1, 0.15) is 41.5 Å². The number of hydrogen-bond donors (Lipinski definition) is 2. The molecule has 0 heterocycles. The van der Waals surface area contributed by atoms with Crippen LogP contribution >= 0.6 is 0 Å². The molecule has 0 aliphatic rings. The number of rotatable bonds is 21. The SMILES string of the molecule is CC(C)NCCOCCOCCOCCOCCOC(C)(C)C(F)CNC(=O)C(C)C. The molecule has 0 aliphatic heterocycles. The maximum Gasteiger partial charge on any atom is 0.222 e. The Morgan fingerprint density at radius 2 is 1.26 bits per heavy atom. The van der Waals surface area contributed by atoms with Gasteiger partial charge in [-0.2, -0.15) is 0 Å². The highest BCUT2D eigenvalue weighted by Gasteiger charge is 2.30. The number of amides is 1. The number of carbonyl (C=O) groups is 1. The first kappa shape index (κ1) is 30.2. The van der Waals surface area contributed by atoms with Crippen molar-refractivity contribution in [1.29, 1.82) is 0 Å². The van der Waals surface area contributed by atoms with E-state index in [4.69, 9.17) is 23.7 Å². The molecule has 2 N–H and O–H groups in total. The Bertz CT molecular complexity index is 438. The summed E-state index contributed by atoms with van der Waals surface area (Å²) >= 11 is 0. The van der Waals surface area contributed by atoms with E-state index < -0.39 is 11.8 Å². The Hall–Kier alpha value is -0.840. The fraction of sp³-hybridized carbons (Fsp3) is 0.955. The van der Waals surface area contributed by atoms with Crippen LogP contribution in [0.15, 0.2) is 0 Å². The lowest BCUT2D eigenvalue weighted by atomic mass is 10.0. The molecular weight excluding hydrogens is 407 g/mol. The molecule has 0 fully saturated rings. The molecule has 1 amide bonds. The fourth-order valence-corrected chi connectivity index (χ4v) is 2.28. The van der Waals surface area contributed by atoms with Gasteiger partial charge in [0.15, 0.2) is 0 Å². The summed E-state index contributed by atoms with van der Waals surface area (Å²) in [5, 5.41) is 5.86. The predicted octanol–water partition coefficient (Wildman–Crippen LogP) is 1.96. The molecule has 0 spiro atoms. The third-order valence-corrected chi connectivity index (χ3v) is 4.35. The minimum atomic E-state index is -1.30. The van der Waals surface area contributed by atoms with E-state index in [2.05, 4.69) is 24.5 Å². The van der Waals surface area contributed by atoms with E-state index >= 15 is 0 Å². The Morgan fingerprint density at radius 1 is 0.806 bits per heavy atom. The smallest absolute Gasteiger partial charge is 0.222 e. The van der Waals surface area contributed by atoms with Crippen molar-refractivity contribution in [1.82, 2.24) is 10.6 Å². The van der Waals surface area contributed by atoms with Crippen LogP contribution in [0, 0.1) is 5.92 Å². The van der Waals surface area contributed by atoms with Crippen molar-refractivity contribution in [3.05, 3.63) is 0 Å². The van der Waals surface area contributed by atoms with Gasteiger partial charge in [-0.15, -0.1) is 0 Å². The summed E-state index contributed by atoms with van der Waals surface area (Å²) < 4.78 is 41.6. The summed E-state index contributed by atoms with van der Waals surface area (Å²) in [6, 6.07) is 0.470. The van der Waals surface area contributed by atoms with Crippen LogP contribution in [0.2, 0.25) is 0 Å². The van der Waals surface area contributed by atoms with Gasteiger partial charge in [0.05, 0.1) is 71.6 Å². The van der Waals surface area contributed by atoms with Gasteiger partial charge >= 0.3 is 0 Å². The van der Waals surface area contributed by atoms with E-state index in [0.29, 0.717) is 58.9 Å². The monoisotopic (exact) mass is 452 g/mol. The van der Waals surface area contributed by atoms with Crippen LogP contribution in [0.25, 0.3) is 0 Å². The molecular formula is C22H45FN2O6. The molecule has 0 aromatic rings. The zero-order valence-electron chi connectivity index (χ0n) is 20.3. The third kappa shape index (κ3) is 18.4. The van der Waals surface area contributed by atoms with Crippen LogP contribution < -0.4 is 10.6 Å². The van der Waals surface area contributed by atoms with E-state index in [1.165, 1.54) is 0 Å². The number of nitrogens with one attached hydrogen (secondary N) is 2. The lowest BCUT2D eigenvalue weighted by Gasteiger charge is -2.29. The molecule has 186 valence electrons. The van der Waals surface area contributed by atoms with Crippen LogP contribution in [0.4, 0.5) is 4.39 Å². The molecule has 0 aliphatic carbocycles. The van der Waals surface area contributed by atoms with E-state index in [1.54, 1.807) is 27.7 Å². The summed E-state index contributed by atoms with van der Waals surface area (Å²) in [6.45, 7) is 16.1. The van der Waals surface area contributed by atoms with Crippen molar-refractivity contribution in [2.75, 3.05) is 72.6 Å². The zero-order chi connectivity index (χ0) is 23.5. The Morgan fingerprint density at radius 3 is 1.71 bits per heavy atom. The van der Waals surface area contributed by atoms with E-state index in [0.717, 1.165) is 6.54 Å². The van der Waals surface area contributed by atoms with Gasteiger partial charge in [0, 0.05) is 18.5 Å². The summed E-state index contributed by atoms with van der Waals surface area (Å²) in [5.41, 5.74) is -1.00. The minimum absolute atomic E-state index is 0.0672. The highest BCUT2D eigenvalue weighted by Crippen LogP contribution is 2.17. The van der Waals surface area contributed by atoms with Crippen LogP contribution in [-0.4, -0.2) is 96.3 Å². The van der Waals surface area contributed by atoms with Gasteiger partial charge in [0.1, 0.15) is 6.17 Å². The molecule has 0 bridgehead atoms. The zero-order valence-corrected chi connectivity index (χ0v) is 20.3. The second-order valence-corrected chi connectivity index (χ2v) is 8.38. The van der Waals surface area contributed by atoms with Gasteiger partial charge in [-0.25, -0.2) is 4.39 Å². The number of halogens is 1. The molecule has 0 aromatic heterocycles.